The summed E-state index contributed by atoms with van der Waals surface area (Å²) >= 11 is 1.77. The molecule has 1 aromatic heterocycles. The van der Waals surface area contributed by atoms with Crippen LogP contribution in [0.1, 0.15) is 23.4 Å². The average molecular weight is 274 g/mol. The zero-order valence-corrected chi connectivity index (χ0v) is 11.4. The van der Waals surface area contributed by atoms with Gasteiger partial charge in [-0.15, -0.1) is 16.9 Å². The monoisotopic (exact) mass is 274 g/mol. The van der Waals surface area contributed by atoms with Gasteiger partial charge in [-0.1, -0.05) is 19.1 Å². The first-order valence-electron chi connectivity index (χ1n) is 6.24. The normalized spacial score (nSPS) is 14.3. The first kappa shape index (κ1) is 12.2. The number of fused-ring (bicyclic) bond motifs is 1. The van der Waals surface area contributed by atoms with E-state index in [4.69, 9.17) is 0 Å². The van der Waals surface area contributed by atoms with E-state index in [0.717, 1.165) is 28.6 Å². The van der Waals surface area contributed by atoms with Gasteiger partial charge >= 0.3 is 0 Å². The first-order valence-corrected chi connectivity index (χ1v) is 7.23. The molecule has 0 spiro atoms. The summed E-state index contributed by atoms with van der Waals surface area (Å²) in [5.41, 5.74) is 0.951. The van der Waals surface area contributed by atoms with Crippen molar-refractivity contribution in [1.29, 1.82) is 0 Å². The highest BCUT2D eigenvalue weighted by Gasteiger charge is 2.26. The van der Waals surface area contributed by atoms with E-state index < -0.39 is 0 Å². The summed E-state index contributed by atoms with van der Waals surface area (Å²) in [6, 6.07) is 7.93. The van der Waals surface area contributed by atoms with E-state index in [1.54, 1.807) is 16.7 Å². The van der Waals surface area contributed by atoms with Gasteiger partial charge in [-0.05, 0) is 12.1 Å². The first-order chi connectivity index (χ1) is 9.29. The molecule has 0 saturated heterocycles. The maximum absolute atomic E-state index is 12.5. The summed E-state index contributed by atoms with van der Waals surface area (Å²) in [4.78, 5) is 19.6. The van der Waals surface area contributed by atoms with Crippen molar-refractivity contribution >= 4 is 23.4 Å². The van der Waals surface area contributed by atoms with Crippen LogP contribution in [0.25, 0.3) is 0 Å². The van der Waals surface area contributed by atoms with Crippen molar-refractivity contribution in [2.24, 2.45) is 0 Å². The lowest BCUT2D eigenvalue weighted by molar-refractivity contribution is 0.0978. The molecule has 5 nitrogen and oxygen atoms in total. The Morgan fingerprint density at radius 1 is 1.47 bits per heavy atom. The summed E-state index contributed by atoms with van der Waals surface area (Å²) in [6.45, 7) is 2.66. The van der Waals surface area contributed by atoms with E-state index in [2.05, 4.69) is 15.2 Å². The van der Waals surface area contributed by atoms with Gasteiger partial charge in [0.05, 0.1) is 5.69 Å². The molecule has 1 aromatic carbocycles. The molecule has 1 N–H and O–H groups in total. The summed E-state index contributed by atoms with van der Waals surface area (Å²) in [7, 11) is 0. The van der Waals surface area contributed by atoms with Gasteiger partial charge in [0.15, 0.2) is 0 Å². The number of anilines is 1. The number of aromatic nitrogens is 3. The Hall–Kier alpha value is -1.82. The Morgan fingerprint density at radius 2 is 2.32 bits per heavy atom. The van der Waals surface area contributed by atoms with E-state index >= 15 is 0 Å². The zero-order chi connectivity index (χ0) is 13.2. The number of thioether (sulfide) groups is 1. The van der Waals surface area contributed by atoms with E-state index in [1.807, 2.05) is 31.2 Å². The van der Waals surface area contributed by atoms with Crippen molar-refractivity contribution in [2.75, 3.05) is 17.2 Å². The predicted octanol–water partition coefficient (Wildman–Crippen LogP) is 2.12. The average Bonchev–Trinajstić information content (AvgIpc) is 2.95. The van der Waals surface area contributed by atoms with Gasteiger partial charge in [0.1, 0.15) is 5.82 Å². The second-order valence-electron chi connectivity index (χ2n) is 4.23. The topological polar surface area (TPSA) is 61.9 Å². The van der Waals surface area contributed by atoms with Crippen LogP contribution in [0, 0.1) is 0 Å². The largest absolute Gasteiger partial charge is 0.304 e. The summed E-state index contributed by atoms with van der Waals surface area (Å²) < 4.78 is 0. The molecule has 0 fully saturated rings. The number of amides is 1. The van der Waals surface area contributed by atoms with Crippen LogP contribution in [0.3, 0.4) is 0 Å². The number of nitrogens with zero attached hydrogens (tertiary/aromatic N) is 3. The molecule has 0 radical (unpaired) electrons. The molecular weight excluding hydrogens is 260 g/mol. The van der Waals surface area contributed by atoms with E-state index in [1.165, 1.54) is 0 Å². The molecule has 19 heavy (non-hydrogen) atoms. The van der Waals surface area contributed by atoms with E-state index in [-0.39, 0.29) is 11.7 Å². The van der Waals surface area contributed by atoms with Crippen LogP contribution in [-0.2, 0) is 6.42 Å². The Bertz CT molecular complexity index is 610. The number of nitrogens with one attached hydrogen (secondary N) is 1. The number of aryl methyl sites for hydroxylation is 1. The molecule has 0 unspecified atom stereocenters. The maximum Gasteiger partial charge on any atom is 0.297 e. The second kappa shape index (κ2) is 5.05. The van der Waals surface area contributed by atoms with Gasteiger partial charge < -0.3 is 4.90 Å². The minimum Gasteiger partial charge on any atom is -0.304 e. The SMILES string of the molecule is CCc1nc(C(=O)N2CCSc3ccccc32)n[nH]1. The van der Waals surface area contributed by atoms with Crippen LogP contribution in [0.4, 0.5) is 5.69 Å². The van der Waals surface area contributed by atoms with Crippen molar-refractivity contribution in [2.45, 2.75) is 18.2 Å². The maximum atomic E-state index is 12.5. The van der Waals surface area contributed by atoms with Crippen LogP contribution < -0.4 is 4.90 Å². The summed E-state index contributed by atoms with van der Waals surface area (Å²) in [5.74, 6) is 1.75. The predicted molar refractivity (Wildman–Crippen MR) is 74.6 cm³/mol. The molecule has 0 saturated carbocycles. The molecule has 1 amide bonds. The molecule has 1 aliphatic rings. The number of rotatable bonds is 2. The van der Waals surface area contributed by atoms with Crippen LogP contribution >= 0.6 is 11.8 Å². The fraction of sp³-hybridized carbons (Fsp3) is 0.308. The molecule has 98 valence electrons. The summed E-state index contributed by atoms with van der Waals surface area (Å²) in [6.07, 6.45) is 0.743. The van der Waals surface area contributed by atoms with Gasteiger partial charge in [0.25, 0.3) is 5.91 Å². The quantitative estimate of drug-likeness (QED) is 0.911. The molecule has 0 bridgehead atoms. The van der Waals surface area contributed by atoms with Crippen molar-refractivity contribution < 1.29 is 4.79 Å². The number of carbonyl (C=O) groups is 1. The lowest BCUT2D eigenvalue weighted by Gasteiger charge is -2.27. The lowest BCUT2D eigenvalue weighted by Crippen LogP contribution is -2.36. The Kier molecular flexibility index (Phi) is 3.25. The zero-order valence-electron chi connectivity index (χ0n) is 10.6. The van der Waals surface area contributed by atoms with Crippen LogP contribution in [0.5, 0.6) is 0 Å². The fourth-order valence-corrected chi connectivity index (χ4v) is 3.04. The Balaban J connectivity index is 1.93. The highest BCUT2D eigenvalue weighted by Crippen LogP contribution is 2.34. The minimum atomic E-state index is -0.135. The summed E-state index contributed by atoms with van der Waals surface area (Å²) in [5, 5.41) is 6.79. The standard InChI is InChI=1S/C13H14N4OS/c1-2-11-14-12(16-15-11)13(18)17-7-8-19-10-6-4-3-5-9(10)17/h3-6H,2,7-8H2,1H3,(H,14,15,16). The van der Waals surface area contributed by atoms with E-state index in [0.29, 0.717) is 6.54 Å². The number of H-pyrrole nitrogens is 1. The smallest absolute Gasteiger partial charge is 0.297 e. The highest BCUT2D eigenvalue weighted by atomic mass is 32.2. The Morgan fingerprint density at radius 3 is 3.11 bits per heavy atom. The van der Waals surface area contributed by atoms with E-state index in [9.17, 15) is 4.79 Å². The van der Waals surface area contributed by atoms with Crippen LogP contribution in [0.2, 0.25) is 0 Å². The fourth-order valence-electron chi connectivity index (χ4n) is 2.05. The minimum absolute atomic E-state index is 0.135. The molecule has 1 aliphatic heterocycles. The van der Waals surface area contributed by atoms with Crippen molar-refractivity contribution in [3.8, 4) is 0 Å². The van der Waals surface area contributed by atoms with Gasteiger partial charge in [0.2, 0.25) is 5.82 Å². The second-order valence-corrected chi connectivity index (χ2v) is 5.37. The van der Waals surface area contributed by atoms with Crippen molar-refractivity contribution in [1.82, 2.24) is 15.2 Å². The molecule has 0 atom stereocenters. The van der Waals surface area contributed by atoms with Gasteiger partial charge in [0, 0.05) is 23.6 Å². The molecule has 6 heteroatoms. The third-order valence-corrected chi connectivity index (χ3v) is 4.07. The molecular formula is C13H14N4OS. The van der Waals surface area contributed by atoms with Gasteiger partial charge in [-0.3, -0.25) is 9.89 Å². The lowest BCUT2D eigenvalue weighted by atomic mass is 10.2. The molecule has 3 rings (SSSR count). The number of para-hydroxylation sites is 1. The van der Waals surface area contributed by atoms with Gasteiger partial charge in [-0.2, -0.15) is 0 Å². The number of aromatic amines is 1. The van der Waals surface area contributed by atoms with Gasteiger partial charge in [-0.25, -0.2) is 4.98 Å². The number of hydrogen-bond acceptors (Lipinski definition) is 4. The van der Waals surface area contributed by atoms with Crippen LogP contribution in [0.15, 0.2) is 29.2 Å². The molecule has 2 heterocycles. The Labute approximate surface area is 115 Å². The highest BCUT2D eigenvalue weighted by molar-refractivity contribution is 7.99. The molecule has 0 aliphatic carbocycles. The third-order valence-electron chi connectivity index (χ3n) is 3.03. The third kappa shape index (κ3) is 2.23. The number of benzene rings is 1. The van der Waals surface area contributed by atoms with Crippen molar-refractivity contribution in [3.05, 3.63) is 35.9 Å². The van der Waals surface area contributed by atoms with Crippen LogP contribution in [-0.4, -0.2) is 33.4 Å². The van der Waals surface area contributed by atoms with Crippen molar-refractivity contribution in [3.63, 3.8) is 0 Å². The number of carbonyl (C=O) groups excluding carboxylic acids is 1. The molecule has 2 aromatic rings. The number of hydrogen-bond donors (Lipinski definition) is 1.